The number of nitrogens with one attached hydrogen (secondary N) is 1. The van der Waals surface area contributed by atoms with Gasteiger partial charge in [0, 0.05) is 22.3 Å². The lowest BCUT2D eigenvalue weighted by molar-refractivity contribution is 0.466. The largest absolute Gasteiger partial charge is 0.508 e. The third kappa shape index (κ3) is 2.98. The molecule has 0 aromatic heterocycles. The number of hydrogen-bond acceptors (Lipinski definition) is 2. The van der Waals surface area contributed by atoms with Gasteiger partial charge in [-0.15, -0.1) is 0 Å². The molecule has 0 heterocycles. The van der Waals surface area contributed by atoms with Crippen molar-refractivity contribution < 1.29 is 13.9 Å². The fraction of sp³-hybridized carbons (Fsp3) is 0.0769. The fourth-order valence-electron chi connectivity index (χ4n) is 1.52. The highest BCUT2D eigenvalue weighted by atomic mass is 79.9. The molecule has 18 heavy (non-hydrogen) atoms. The first-order valence-electron chi connectivity index (χ1n) is 5.22. The number of benzene rings is 2. The van der Waals surface area contributed by atoms with E-state index in [1.807, 2.05) is 0 Å². The summed E-state index contributed by atoms with van der Waals surface area (Å²) in [6.45, 7) is 0.244. The predicted octanol–water partition coefficient (Wildman–Crippen LogP) is 4.05. The molecule has 0 spiro atoms. The van der Waals surface area contributed by atoms with Crippen molar-refractivity contribution in [2.24, 2.45) is 0 Å². The van der Waals surface area contributed by atoms with Crippen molar-refractivity contribution in [2.75, 3.05) is 5.32 Å². The minimum Gasteiger partial charge on any atom is -0.508 e. The molecule has 2 rings (SSSR count). The van der Waals surface area contributed by atoms with Crippen molar-refractivity contribution in [3.05, 3.63) is 58.1 Å². The first-order chi connectivity index (χ1) is 8.56. The van der Waals surface area contributed by atoms with Crippen LogP contribution < -0.4 is 5.32 Å². The highest BCUT2D eigenvalue weighted by Crippen LogP contribution is 2.25. The van der Waals surface area contributed by atoms with Crippen LogP contribution in [-0.2, 0) is 6.54 Å². The Morgan fingerprint density at radius 1 is 1.06 bits per heavy atom. The van der Waals surface area contributed by atoms with Crippen LogP contribution >= 0.6 is 15.9 Å². The number of anilines is 1. The Morgan fingerprint density at radius 3 is 2.44 bits per heavy atom. The number of aromatic hydroxyl groups is 1. The van der Waals surface area contributed by atoms with Gasteiger partial charge in [-0.3, -0.25) is 0 Å². The number of rotatable bonds is 3. The zero-order valence-electron chi connectivity index (χ0n) is 9.25. The molecular formula is C13H10BrF2NO. The summed E-state index contributed by atoms with van der Waals surface area (Å²) in [6, 6.07) is 7.94. The van der Waals surface area contributed by atoms with Crippen molar-refractivity contribution >= 4 is 21.6 Å². The summed E-state index contributed by atoms with van der Waals surface area (Å²) in [5.74, 6) is -0.745. The molecule has 0 fully saturated rings. The lowest BCUT2D eigenvalue weighted by Crippen LogP contribution is -2.01. The van der Waals surface area contributed by atoms with E-state index < -0.39 is 5.82 Å². The van der Waals surface area contributed by atoms with Gasteiger partial charge in [-0.1, -0.05) is 0 Å². The SMILES string of the molecule is Oc1ccc(F)cc1CNc1ccc(F)cc1Br. The van der Waals surface area contributed by atoms with E-state index in [1.54, 1.807) is 6.07 Å². The predicted molar refractivity (Wildman–Crippen MR) is 69.5 cm³/mol. The Bertz CT molecular complexity index is 575. The second kappa shape index (κ2) is 5.35. The topological polar surface area (TPSA) is 32.3 Å². The van der Waals surface area contributed by atoms with E-state index in [0.717, 1.165) is 0 Å². The van der Waals surface area contributed by atoms with Crippen molar-refractivity contribution in [3.8, 4) is 5.75 Å². The average Bonchev–Trinajstić information content (AvgIpc) is 2.32. The van der Waals surface area contributed by atoms with Gasteiger partial charge >= 0.3 is 0 Å². The van der Waals surface area contributed by atoms with E-state index in [1.165, 1.54) is 30.3 Å². The van der Waals surface area contributed by atoms with E-state index >= 15 is 0 Å². The van der Waals surface area contributed by atoms with Crippen LogP contribution in [-0.4, -0.2) is 5.11 Å². The van der Waals surface area contributed by atoms with E-state index in [-0.39, 0.29) is 18.1 Å². The second-order valence-corrected chi connectivity index (χ2v) is 4.61. The standard InChI is InChI=1S/C13H10BrF2NO/c14-11-6-10(16)1-3-12(11)17-7-8-5-9(15)2-4-13(8)18/h1-6,17-18H,7H2. The molecule has 2 N–H and O–H groups in total. The Balaban J connectivity index is 2.13. The molecule has 0 atom stereocenters. The van der Waals surface area contributed by atoms with Crippen molar-refractivity contribution in [1.29, 1.82) is 0 Å². The maximum Gasteiger partial charge on any atom is 0.124 e. The van der Waals surface area contributed by atoms with Gasteiger partial charge in [0.25, 0.3) is 0 Å². The first kappa shape index (κ1) is 12.8. The van der Waals surface area contributed by atoms with Crippen LogP contribution in [0.1, 0.15) is 5.56 Å². The molecule has 0 aliphatic rings. The summed E-state index contributed by atoms with van der Waals surface area (Å²) in [5, 5.41) is 12.5. The van der Waals surface area contributed by atoms with Crippen LogP contribution in [0.2, 0.25) is 0 Å². The van der Waals surface area contributed by atoms with E-state index in [2.05, 4.69) is 21.2 Å². The van der Waals surface area contributed by atoms with Crippen LogP contribution in [0.4, 0.5) is 14.5 Å². The van der Waals surface area contributed by atoms with Gasteiger partial charge in [0.2, 0.25) is 0 Å². The quantitative estimate of drug-likeness (QED) is 0.896. The van der Waals surface area contributed by atoms with E-state index in [0.29, 0.717) is 15.7 Å². The summed E-state index contributed by atoms with van der Waals surface area (Å²) in [5.41, 5.74) is 1.10. The highest BCUT2D eigenvalue weighted by molar-refractivity contribution is 9.10. The van der Waals surface area contributed by atoms with Gasteiger partial charge in [-0.2, -0.15) is 0 Å². The molecule has 0 amide bonds. The van der Waals surface area contributed by atoms with E-state index in [4.69, 9.17) is 0 Å². The van der Waals surface area contributed by atoms with Crippen LogP contribution in [0, 0.1) is 11.6 Å². The third-order valence-electron chi connectivity index (χ3n) is 2.44. The molecule has 0 radical (unpaired) electrons. The molecule has 2 aromatic rings. The minimum absolute atomic E-state index is 0.0159. The molecule has 0 aliphatic carbocycles. The van der Waals surface area contributed by atoms with Crippen LogP contribution in [0.25, 0.3) is 0 Å². The molecule has 2 aromatic carbocycles. The van der Waals surface area contributed by atoms with Gasteiger partial charge in [0.15, 0.2) is 0 Å². The molecular weight excluding hydrogens is 304 g/mol. The van der Waals surface area contributed by atoms with Gasteiger partial charge in [0.1, 0.15) is 17.4 Å². The van der Waals surface area contributed by atoms with E-state index in [9.17, 15) is 13.9 Å². The summed E-state index contributed by atoms with van der Waals surface area (Å²) < 4.78 is 26.5. The van der Waals surface area contributed by atoms with Crippen LogP contribution in [0.5, 0.6) is 5.75 Å². The summed E-state index contributed by atoms with van der Waals surface area (Å²) >= 11 is 3.21. The van der Waals surface area contributed by atoms with Gasteiger partial charge in [-0.05, 0) is 52.3 Å². The molecule has 0 saturated heterocycles. The zero-order valence-corrected chi connectivity index (χ0v) is 10.8. The van der Waals surface area contributed by atoms with Crippen molar-refractivity contribution in [1.82, 2.24) is 0 Å². The van der Waals surface area contributed by atoms with Gasteiger partial charge in [-0.25, -0.2) is 8.78 Å². The minimum atomic E-state index is -0.414. The van der Waals surface area contributed by atoms with Crippen molar-refractivity contribution in [2.45, 2.75) is 6.54 Å². The molecule has 5 heteroatoms. The normalized spacial score (nSPS) is 10.4. The first-order valence-corrected chi connectivity index (χ1v) is 6.02. The zero-order chi connectivity index (χ0) is 13.1. The Morgan fingerprint density at radius 2 is 1.72 bits per heavy atom. The monoisotopic (exact) mass is 313 g/mol. The maximum atomic E-state index is 13.0. The number of hydrogen-bond donors (Lipinski definition) is 2. The summed E-state index contributed by atoms with van der Waals surface area (Å²) in [7, 11) is 0. The number of phenols is 1. The number of phenolic OH excluding ortho intramolecular Hbond substituents is 1. The third-order valence-corrected chi connectivity index (χ3v) is 3.10. The molecule has 2 nitrogen and oxygen atoms in total. The Kier molecular flexibility index (Phi) is 3.81. The fourth-order valence-corrected chi connectivity index (χ4v) is 2.01. The summed E-state index contributed by atoms with van der Waals surface area (Å²) in [4.78, 5) is 0. The molecule has 94 valence electrons. The van der Waals surface area contributed by atoms with Gasteiger partial charge in [0.05, 0.1) is 0 Å². The molecule has 0 aliphatic heterocycles. The van der Waals surface area contributed by atoms with Crippen LogP contribution in [0.3, 0.4) is 0 Å². The maximum absolute atomic E-state index is 13.0. The Hall–Kier alpha value is -1.62. The smallest absolute Gasteiger partial charge is 0.124 e. The van der Waals surface area contributed by atoms with Crippen LogP contribution in [0.15, 0.2) is 40.9 Å². The lowest BCUT2D eigenvalue weighted by Gasteiger charge is -2.10. The molecule has 0 unspecified atom stereocenters. The Labute approximate surface area is 111 Å². The molecule has 0 bridgehead atoms. The van der Waals surface area contributed by atoms with Gasteiger partial charge < -0.3 is 10.4 Å². The lowest BCUT2D eigenvalue weighted by atomic mass is 10.2. The van der Waals surface area contributed by atoms with Crippen molar-refractivity contribution in [3.63, 3.8) is 0 Å². The highest BCUT2D eigenvalue weighted by Gasteiger charge is 2.05. The number of halogens is 3. The summed E-state index contributed by atoms with van der Waals surface area (Å²) in [6.07, 6.45) is 0. The average molecular weight is 314 g/mol. The molecule has 0 saturated carbocycles. The second-order valence-electron chi connectivity index (χ2n) is 3.75.